The summed E-state index contributed by atoms with van der Waals surface area (Å²) in [5.74, 6) is -2.09. The number of hydrogen-bond donors (Lipinski definition) is 2. The van der Waals surface area contributed by atoms with Crippen molar-refractivity contribution < 1.29 is 18.4 Å². The Morgan fingerprint density at radius 1 is 1.37 bits per heavy atom. The normalized spacial score (nSPS) is 31.2. The third-order valence-corrected chi connectivity index (χ3v) is 3.96. The Bertz CT molecular complexity index is 554. The van der Waals surface area contributed by atoms with E-state index in [0.29, 0.717) is 19.3 Å². The van der Waals surface area contributed by atoms with Crippen LogP contribution in [-0.4, -0.2) is 11.4 Å². The van der Waals surface area contributed by atoms with Crippen LogP contribution in [0.2, 0.25) is 0 Å². The molecule has 0 heterocycles. The zero-order valence-corrected chi connectivity index (χ0v) is 10.4. The van der Waals surface area contributed by atoms with Crippen LogP contribution < -0.4 is 16.1 Å². The molecule has 4 rings (SSSR count). The molecule has 3 N–H and O–H groups in total. The summed E-state index contributed by atoms with van der Waals surface area (Å²) >= 11 is 0. The molecule has 0 atom stereocenters. The molecule has 0 unspecified atom stereocenters. The number of nitrogens with one attached hydrogen (secondary N) is 1. The number of rotatable bonds is 3. The van der Waals surface area contributed by atoms with Crippen LogP contribution >= 0.6 is 0 Å². The summed E-state index contributed by atoms with van der Waals surface area (Å²) < 4.78 is 27.5. The Balaban J connectivity index is 1.96. The van der Waals surface area contributed by atoms with Gasteiger partial charge in [-0.3, -0.25) is 4.79 Å². The van der Waals surface area contributed by atoms with Crippen LogP contribution in [0.25, 0.3) is 0 Å². The maximum atomic E-state index is 14.0. The molecule has 6 heteroatoms. The standard InChI is InChI=1S/C13H14F2N2O2/c1-7(18)17-19-9-3-2-8(14)11(15)10(9)12-4-13(16,5-12)6-12/h2-3H,4-6,16H2,1H3,(H,17,18). The largest absolute Gasteiger partial charge is 0.379 e. The van der Waals surface area contributed by atoms with Gasteiger partial charge in [-0.1, -0.05) is 0 Å². The van der Waals surface area contributed by atoms with E-state index in [0.717, 1.165) is 6.07 Å². The average Bonchev–Trinajstić information content (AvgIpc) is 2.26. The SMILES string of the molecule is CC(=O)NOc1ccc(F)c(F)c1C12CC(N)(C1)C2. The molecule has 3 aliphatic rings. The van der Waals surface area contributed by atoms with E-state index in [1.54, 1.807) is 0 Å². The number of benzene rings is 1. The maximum Gasteiger partial charge on any atom is 0.249 e. The minimum Gasteiger partial charge on any atom is -0.379 e. The Hall–Kier alpha value is -1.69. The maximum absolute atomic E-state index is 14.0. The Kier molecular flexibility index (Phi) is 2.38. The van der Waals surface area contributed by atoms with Gasteiger partial charge in [0.1, 0.15) is 0 Å². The molecular weight excluding hydrogens is 254 g/mol. The van der Waals surface area contributed by atoms with Crippen molar-refractivity contribution in [3.8, 4) is 5.75 Å². The molecule has 3 fully saturated rings. The topological polar surface area (TPSA) is 64.3 Å². The number of halogens is 2. The number of carbonyl (C=O) groups excluding carboxylic acids is 1. The Morgan fingerprint density at radius 2 is 2.00 bits per heavy atom. The second-order valence-electron chi connectivity index (χ2n) is 5.67. The molecule has 3 saturated carbocycles. The fraction of sp³-hybridized carbons (Fsp3) is 0.462. The first kappa shape index (κ1) is 12.3. The highest BCUT2D eigenvalue weighted by Crippen LogP contribution is 2.68. The van der Waals surface area contributed by atoms with Crippen molar-refractivity contribution in [2.75, 3.05) is 0 Å². The second-order valence-corrected chi connectivity index (χ2v) is 5.67. The Labute approximate surface area is 108 Å². The van der Waals surface area contributed by atoms with E-state index in [1.165, 1.54) is 13.0 Å². The first-order valence-corrected chi connectivity index (χ1v) is 6.06. The molecule has 1 aromatic carbocycles. The van der Waals surface area contributed by atoms with Gasteiger partial charge in [-0.25, -0.2) is 8.78 Å². The minimum absolute atomic E-state index is 0.149. The van der Waals surface area contributed by atoms with Gasteiger partial charge in [0.15, 0.2) is 17.4 Å². The van der Waals surface area contributed by atoms with Crippen molar-refractivity contribution in [2.45, 2.75) is 37.1 Å². The third kappa shape index (κ3) is 1.70. The van der Waals surface area contributed by atoms with E-state index >= 15 is 0 Å². The van der Waals surface area contributed by atoms with Crippen molar-refractivity contribution in [3.05, 3.63) is 29.3 Å². The van der Waals surface area contributed by atoms with Crippen molar-refractivity contribution >= 4 is 5.91 Å². The van der Waals surface area contributed by atoms with Crippen LogP contribution in [0.4, 0.5) is 8.78 Å². The van der Waals surface area contributed by atoms with Gasteiger partial charge in [-0.2, -0.15) is 5.48 Å². The molecule has 0 saturated heterocycles. The van der Waals surface area contributed by atoms with Crippen LogP contribution in [0, 0.1) is 11.6 Å². The quantitative estimate of drug-likeness (QED) is 0.817. The second kappa shape index (κ2) is 3.66. The van der Waals surface area contributed by atoms with E-state index in [1.807, 2.05) is 0 Å². The number of hydrogen-bond acceptors (Lipinski definition) is 3. The Morgan fingerprint density at radius 3 is 2.53 bits per heavy atom. The highest BCUT2D eigenvalue weighted by molar-refractivity contribution is 5.72. The van der Waals surface area contributed by atoms with Crippen molar-refractivity contribution in [1.82, 2.24) is 5.48 Å². The molecule has 0 radical (unpaired) electrons. The fourth-order valence-corrected chi connectivity index (χ4v) is 3.37. The lowest BCUT2D eigenvalue weighted by Crippen LogP contribution is -2.74. The predicted molar refractivity (Wildman–Crippen MR) is 63.3 cm³/mol. The summed E-state index contributed by atoms with van der Waals surface area (Å²) in [7, 11) is 0. The van der Waals surface area contributed by atoms with Gasteiger partial charge in [0, 0.05) is 23.4 Å². The molecule has 2 bridgehead atoms. The van der Waals surface area contributed by atoms with Crippen molar-refractivity contribution in [3.63, 3.8) is 0 Å². The van der Waals surface area contributed by atoms with E-state index < -0.39 is 23.0 Å². The molecule has 0 spiro atoms. The molecule has 1 amide bonds. The van der Waals surface area contributed by atoms with Gasteiger partial charge < -0.3 is 10.6 Å². The lowest BCUT2D eigenvalue weighted by atomic mass is 9.38. The van der Waals surface area contributed by atoms with Crippen LogP contribution in [0.3, 0.4) is 0 Å². The fourth-order valence-electron chi connectivity index (χ4n) is 3.37. The van der Waals surface area contributed by atoms with Crippen LogP contribution in [0.5, 0.6) is 5.75 Å². The summed E-state index contributed by atoms with van der Waals surface area (Å²) in [6.45, 7) is 1.27. The van der Waals surface area contributed by atoms with Gasteiger partial charge in [-0.15, -0.1) is 0 Å². The smallest absolute Gasteiger partial charge is 0.249 e. The lowest BCUT2D eigenvalue weighted by molar-refractivity contribution is -0.125. The first-order chi connectivity index (χ1) is 8.85. The van der Waals surface area contributed by atoms with E-state index in [9.17, 15) is 13.6 Å². The van der Waals surface area contributed by atoms with Gasteiger partial charge in [-0.05, 0) is 31.4 Å². The molecule has 0 aliphatic heterocycles. The summed E-state index contributed by atoms with van der Waals surface area (Å²) in [5.41, 5.74) is 7.60. The van der Waals surface area contributed by atoms with Crippen LogP contribution in [-0.2, 0) is 10.2 Å². The van der Waals surface area contributed by atoms with E-state index in [2.05, 4.69) is 5.48 Å². The van der Waals surface area contributed by atoms with Gasteiger partial charge in [0.2, 0.25) is 5.91 Å². The highest BCUT2D eigenvalue weighted by atomic mass is 19.2. The molecule has 3 aliphatic carbocycles. The summed E-state index contributed by atoms with van der Waals surface area (Å²) in [5, 5.41) is 0. The van der Waals surface area contributed by atoms with Crippen LogP contribution in [0.15, 0.2) is 12.1 Å². The number of carbonyl (C=O) groups is 1. The summed E-state index contributed by atoms with van der Waals surface area (Å²) in [6.07, 6.45) is 1.87. The molecule has 0 aromatic heterocycles. The minimum atomic E-state index is -0.916. The molecule has 19 heavy (non-hydrogen) atoms. The van der Waals surface area contributed by atoms with Crippen LogP contribution in [0.1, 0.15) is 31.7 Å². The number of amides is 1. The number of hydroxylamine groups is 1. The monoisotopic (exact) mass is 268 g/mol. The highest BCUT2D eigenvalue weighted by Gasteiger charge is 2.68. The van der Waals surface area contributed by atoms with Crippen molar-refractivity contribution in [1.29, 1.82) is 0 Å². The molecule has 1 aromatic rings. The summed E-state index contributed by atoms with van der Waals surface area (Å²) in [6, 6.07) is 2.31. The lowest BCUT2D eigenvalue weighted by Gasteiger charge is -2.69. The van der Waals surface area contributed by atoms with Gasteiger partial charge in [0.05, 0.1) is 0 Å². The zero-order chi connectivity index (χ0) is 13.8. The number of nitrogens with two attached hydrogens (primary N) is 1. The summed E-state index contributed by atoms with van der Waals surface area (Å²) in [4.78, 5) is 15.9. The van der Waals surface area contributed by atoms with Crippen molar-refractivity contribution in [2.24, 2.45) is 5.73 Å². The molecule has 4 nitrogen and oxygen atoms in total. The predicted octanol–water partition coefficient (Wildman–Crippen LogP) is 1.53. The van der Waals surface area contributed by atoms with Gasteiger partial charge in [0.25, 0.3) is 0 Å². The average molecular weight is 268 g/mol. The first-order valence-electron chi connectivity index (χ1n) is 6.06. The molecular formula is C13H14F2N2O2. The molecule has 102 valence electrons. The van der Waals surface area contributed by atoms with Gasteiger partial charge >= 0.3 is 0 Å². The third-order valence-electron chi connectivity index (χ3n) is 3.96. The zero-order valence-electron chi connectivity index (χ0n) is 10.4. The van der Waals surface area contributed by atoms with E-state index in [4.69, 9.17) is 10.6 Å². The van der Waals surface area contributed by atoms with E-state index in [-0.39, 0.29) is 16.9 Å².